The third-order valence-electron chi connectivity index (χ3n) is 4.84. The number of nitrogens with zero attached hydrogens (tertiary/aromatic N) is 1. The first-order valence-corrected chi connectivity index (χ1v) is 9.45. The van der Waals surface area contributed by atoms with E-state index in [9.17, 15) is 14.0 Å². The van der Waals surface area contributed by atoms with E-state index in [1.807, 2.05) is 6.92 Å². The molecule has 0 radical (unpaired) electrons. The molecule has 2 amide bonds. The zero-order valence-corrected chi connectivity index (χ0v) is 15.9. The molecule has 142 valence electrons. The number of amides is 2. The average molecular weight is 389 g/mol. The van der Waals surface area contributed by atoms with Crippen LogP contribution in [0, 0.1) is 11.7 Å². The maximum Gasteiger partial charge on any atom is 0.253 e. The van der Waals surface area contributed by atoms with E-state index in [2.05, 4.69) is 5.32 Å². The van der Waals surface area contributed by atoms with Gasteiger partial charge in [-0.3, -0.25) is 9.59 Å². The van der Waals surface area contributed by atoms with Gasteiger partial charge in [-0.05, 0) is 42.3 Å². The number of hydrogen-bond donors (Lipinski definition) is 1. The Kier molecular flexibility index (Phi) is 6.11. The number of carbonyl (C=O) groups is 2. The van der Waals surface area contributed by atoms with Gasteiger partial charge in [0.2, 0.25) is 5.91 Å². The van der Waals surface area contributed by atoms with Crippen LogP contribution in [0.4, 0.5) is 4.39 Å². The fourth-order valence-corrected chi connectivity index (χ4v) is 3.68. The van der Waals surface area contributed by atoms with Crippen LogP contribution in [0.3, 0.4) is 0 Å². The summed E-state index contributed by atoms with van der Waals surface area (Å²) in [5, 5.41) is 3.39. The summed E-state index contributed by atoms with van der Waals surface area (Å²) in [6, 6.07) is 13.0. The van der Waals surface area contributed by atoms with Crippen molar-refractivity contribution in [1.29, 1.82) is 0 Å². The van der Waals surface area contributed by atoms with Crippen molar-refractivity contribution >= 4 is 23.4 Å². The van der Waals surface area contributed by atoms with Gasteiger partial charge in [-0.1, -0.05) is 36.7 Å². The first-order chi connectivity index (χ1) is 13.0. The first-order valence-electron chi connectivity index (χ1n) is 9.07. The van der Waals surface area contributed by atoms with Gasteiger partial charge < -0.3 is 10.2 Å². The van der Waals surface area contributed by atoms with E-state index in [0.717, 1.165) is 12.0 Å². The molecule has 0 aromatic heterocycles. The van der Waals surface area contributed by atoms with Gasteiger partial charge in [-0.15, -0.1) is 0 Å². The highest BCUT2D eigenvalue weighted by atomic mass is 35.5. The number of carbonyl (C=O) groups excluding carboxylic acids is 2. The van der Waals surface area contributed by atoms with Crippen LogP contribution in [0.25, 0.3) is 0 Å². The van der Waals surface area contributed by atoms with Gasteiger partial charge in [0.1, 0.15) is 5.82 Å². The van der Waals surface area contributed by atoms with Crippen LogP contribution in [-0.4, -0.2) is 36.3 Å². The molecule has 2 aromatic carbocycles. The summed E-state index contributed by atoms with van der Waals surface area (Å²) in [5.41, 5.74) is 1.21. The van der Waals surface area contributed by atoms with Crippen molar-refractivity contribution in [3.05, 3.63) is 70.5 Å². The molecule has 0 aliphatic carbocycles. The van der Waals surface area contributed by atoms with Crippen LogP contribution >= 0.6 is 11.6 Å². The highest BCUT2D eigenvalue weighted by Gasteiger charge is 2.40. The Labute approximate surface area is 163 Å². The molecule has 1 fully saturated rings. The third-order valence-corrected chi connectivity index (χ3v) is 5.08. The standard InChI is InChI=1S/C21H22ClFN2O2/c1-2-9-24-20(26)19-13-25(21(27)15-6-3-7-16(22)10-15)12-18(19)14-5-4-8-17(23)11-14/h3-8,10-11,18-19H,2,9,12-13H2,1H3,(H,24,26). The maximum atomic E-state index is 13.7. The van der Waals surface area contributed by atoms with Crippen LogP contribution in [0.2, 0.25) is 5.02 Å². The highest BCUT2D eigenvalue weighted by molar-refractivity contribution is 6.30. The molecule has 2 atom stereocenters. The number of hydrogen-bond acceptors (Lipinski definition) is 2. The van der Waals surface area contributed by atoms with Crippen molar-refractivity contribution in [3.8, 4) is 0 Å². The minimum atomic E-state index is -0.415. The van der Waals surface area contributed by atoms with Gasteiger partial charge in [-0.25, -0.2) is 4.39 Å². The lowest BCUT2D eigenvalue weighted by atomic mass is 9.88. The zero-order valence-electron chi connectivity index (χ0n) is 15.1. The summed E-state index contributed by atoms with van der Waals surface area (Å²) >= 11 is 6.00. The fraction of sp³-hybridized carbons (Fsp3) is 0.333. The molecular weight excluding hydrogens is 367 g/mol. The molecular formula is C21H22ClFN2O2. The first kappa shape index (κ1) is 19.4. The van der Waals surface area contributed by atoms with Gasteiger partial charge in [0.15, 0.2) is 0 Å². The lowest BCUT2D eigenvalue weighted by molar-refractivity contribution is -0.124. The number of nitrogens with one attached hydrogen (secondary N) is 1. The Morgan fingerprint density at radius 1 is 1.19 bits per heavy atom. The topological polar surface area (TPSA) is 49.4 Å². The number of halogens is 2. The van der Waals surface area contributed by atoms with E-state index in [1.54, 1.807) is 41.3 Å². The van der Waals surface area contributed by atoms with Gasteiger partial charge in [0.05, 0.1) is 5.92 Å². The van der Waals surface area contributed by atoms with Gasteiger partial charge in [0, 0.05) is 36.1 Å². The quantitative estimate of drug-likeness (QED) is 0.845. The van der Waals surface area contributed by atoms with E-state index >= 15 is 0 Å². The molecule has 1 aliphatic heterocycles. The molecule has 0 spiro atoms. The van der Waals surface area contributed by atoms with E-state index < -0.39 is 5.92 Å². The van der Waals surface area contributed by atoms with Crippen LogP contribution < -0.4 is 5.32 Å². The minimum absolute atomic E-state index is 0.104. The molecule has 0 saturated carbocycles. The SMILES string of the molecule is CCCNC(=O)C1CN(C(=O)c2cccc(Cl)c2)CC1c1cccc(F)c1. The molecule has 2 aromatic rings. The highest BCUT2D eigenvalue weighted by Crippen LogP contribution is 2.34. The molecule has 1 saturated heterocycles. The summed E-state index contributed by atoms with van der Waals surface area (Å²) in [5.74, 6) is -1.29. The minimum Gasteiger partial charge on any atom is -0.356 e. The Morgan fingerprint density at radius 2 is 1.96 bits per heavy atom. The third kappa shape index (κ3) is 4.48. The van der Waals surface area contributed by atoms with E-state index in [-0.39, 0.29) is 23.5 Å². The Bertz CT molecular complexity index is 842. The predicted molar refractivity (Wildman–Crippen MR) is 103 cm³/mol. The summed E-state index contributed by atoms with van der Waals surface area (Å²) in [7, 11) is 0. The van der Waals surface area contributed by atoms with Crippen LogP contribution in [0.1, 0.15) is 35.2 Å². The Hall–Kier alpha value is -2.40. The summed E-state index contributed by atoms with van der Waals surface area (Å²) in [4.78, 5) is 27.2. The summed E-state index contributed by atoms with van der Waals surface area (Å²) < 4.78 is 13.7. The van der Waals surface area contributed by atoms with Crippen molar-refractivity contribution in [2.75, 3.05) is 19.6 Å². The summed E-state index contributed by atoms with van der Waals surface area (Å²) in [6.07, 6.45) is 0.828. The number of likely N-dealkylation sites (tertiary alicyclic amines) is 1. The molecule has 1 heterocycles. The number of rotatable bonds is 5. The lowest BCUT2D eigenvalue weighted by Crippen LogP contribution is -2.36. The molecule has 0 bridgehead atoms. The monoisotopic (exact) mass is 388 g/mol. The molecule has 1 N–H and O–H groups in total. The van der Waals surface area contributed by atoms with Crippen LogP contribution in [0.5, 0.6) is 0 Å². The van der Waals surface area contributed by atoms with Gasteiger partial charge in [0.25, 0.3) is 5.91 Å². The van der Waals surface area contributed by atoms with Crippen LogP contribution in [0.15, 0.2) is 48.5 Å². The van der Waals surface area contributed by atoms with E-state index in [0.29, 0.717) is 30.2 Å². The van der Waals surface area contributed by atoms with Crippen molar-refractivity contribution in [2.24, 2.45) is 5.92 Å². The largest absolute Gasteiger partial charge is 0.356 e. The Balaban J connectivity index is 1.86. The maximum absolute atomic E-state index is 13.7. The van der Waals surface area contributed by atoms with Gasteiger partial charge >= 0.3 is 0 Å². The smallest absolute Gasteiger partial charge is 0.253 e. The Morgan fingerprint density at radius 3 is 2.67 bits per heavy atom. The van der Waals surface area contributed by atoms with Crippen molar-refractivity contribution < 1.29 is 14.0 Å². The molecule has 4 nitrogen and oxygen atoms in total. The lowest BCUT2D eigenvalue weighted by Gasteiger charge is -2.18. The van der Waals surface area contributed by atoms with Crippen LogP contribution in [-0.2, 0) is 4.79 Å². The molecule has 1 aliphatic rings. The fourth-order valence-electron chi connectivity index (χ4n) is 3.49. The second kappa shape index (κ2) is 8.53. The molecule has 6 heteroatoms. The average Bonchev–Trinajstić information content (AvgIpc) is 3.11. The van der Waals surface area contributed by atoms with Gasteiger partial charge in [-0.2, -0.15) is 0 Å². The normalized spacial score (nSPS) is 19.1. The molecule has 2 unspecified atom stereocenters. The van der Waals surface area contributed by atoms with Crippen molar-refractivity contribution in [2.45, 2.75) is 19.3 Å². The van der Waals surface area contributed by atoms with Crippen molar-refractivity contribution in [3.63, 3.8) is 0 Å². The molecule has 27 heavy (non-hydrogen) atoms. The van der Waals surface area contributed by atoms with Crippen molar-refractivity contribution in [1.82, 2.24) is 10.2 Å². The molecule has 3 rings (SSSR count). The predicted octanol–water partition coefficient (Wildman–Crippen LogP) is 3.86. The van der Waals surface area contributed by atoms with E-state index in [4.69, 9.17) is 11.6 Å². The second-order valence-electron chi connectivity index (χ2n) is 6.78. The second-order valence-corrected chi connectivity index (χ2v) is 7.22. The summed E-state index contributed by atoms with van der Waals surface area (Å²) in [6.45, 7) is 3.21. The van der Waals surface area contributed by atoms with E-state index in [1.165, 1.54) is 12.1 Å². The zero-order chi connectivity index (χ0) is 19.4. The number of benzene rings is 2.